The van der Waals surface area contributed by atoms with E-state index in [0.717, 1.165) is 17.1 Å². The average molecular weight is 584 g/mol. The highest BCUT2D eigenvalue weighted by Crippen LogP contribution is 2.26. The van der Waals surface area contributed by atoms with Crippen molar-refractivity contribution < 1.29 is 27.1 Å². The van der Waals surface area contributed by atoms with Gasteiger partial charge in [0.2, 0.25) is 11.8 Å². The van der Waals surface area contributed by atoms with Gasteiger partial charge in [-0.3, -0.25) is 13.9 Å². The fourth-order valence-corrected chi connectivity index (χ4v) is 5.75. The van der Waals surface area contributed by atoms with E-state index in [1.165, 1.54) is 29.2 Å². The van der Waals surface area contributed by atoms with Crippen LogP contribution in [0.2, 0.25) is 0 Å². The third-order valence-corrected chi connectivity index (χ3v) is 8.32. The van der Waals surface area contributed by atoms with Gasteiger partial charge in [-0.2, -0.15) is 0 Å². The summed E-state index contributed by atoms with van der Waals surface area (Å²) in [5.41, 5.74) is 0.914. The Kier molecular flexibility index (Phi) is 11.7. The van der Waals surface area contributed by atoms with Crippen LogP contribution in [0.15, 0.2) is 83.8 Å². The van der Waals surface area contributed by atoms with Crippen LogP contribution in [0, 0.1) is 5.82 Å². The number of rotatable bonds is 15. The third-order valence-electron chi connectivity index (χ3n) is 6.53. The van der Waals surface area contributed by atoms with Crippen molar-refractivity contribution in [3.05, 3.63) is 90.2 Å². The van der Waals surface area contributed by atoms with E-state index in [-0.39, 0.29) is 17.3 Å². The maximum Gasteiger partial charge on any atom is 0.264 e. The summed E-state index contributed by atoms with van der Waals surface area (Å²) in [5.74, 6) is -0.783. The number of para-hydroxylation sites is 1. The second-order valence-electron chi connectivity index (χ2n) is 9.47. The zero-order valence-electron chi connectivity index (χ0n) is 23.8. The first-order chi connectivity index (χ1) is 19.7. The molecule has 0 radical (unpaired) electrons. The van der Waals surface area contributed by atoms with E-state index >= 15 is 0 Å². The maximum absolute atomic E-state index is 14.0. The van der Waals surface area contributed by atoms with E-state index in [9.17, 15) is 22.4 Å². The number of hydrogen-bond donors (Lipinski definition) is 1. The molecule has 8 nitrogen and oxygen atoms in total. The number of halogens is 1. The molecule has 1 atom stereocenters. The van der Waals surface area contributed by atoms with Crippen LogP contribution in [0.4, 0.5) is 10.1 Å². The van der Waals surface area contributed by atoms with Crippen LogP contribution in [-0.2, 0) is 26.2 Å². The van der Waals surface area contributed by atoms with Gasteiger partial charge in [0, 0.05) is 13.1 Å². The highest BCUT2D eigenvalue weighted by Gasteiger charge is 2.33. The van der Waals surface area contributed by atoms with Crippen LogP contribution in [0.1, 0.15) is 45.6 Å². The van der Waals surface area contributed by atoms with E-state index < -0.39 is 34.3 Å². The summed E-state index contributed by atoms with van der Waals surface area (Å²) in [6.45, 7) is 6.00. The molecule has 0 heterocycles. The van der Waals surface area contributed by atoms with Crippen molar-refractivity contribution in [1.82, 2.24) is 10.2 Å². The summed E-state index contributed by atoms with van der Waals surface area (Å²) in [4.78, 5) is 28.6. The molecule has 0 fully saturated rings. The Morgan fingerprint density at radius 2 is 1.59 bits per heavy atom. The van der Waals surface area contributed by atoms with Crippen molar-refractivity contribution in [3.8, 4) is 5.75 Å². The Morgan fingerprint density at radius 3 is 2.17 bits per heavy atom. The lowest BCUT2D eigenvalue weighted by Gasteiger charge is -2.33. The number of unbranched alkanes of at least 4 members (excludes halogenated alkanes) is 1. The normalized spacial score (nSPS) is 11.9. The van der Waals surface area contributed by atoms with Crippen LogP contribution in [-0.4, -0.2) is 50.9 Å². The standard InChI is InChI=1S/C31H38FN3O5S/c1-4-7-21-33-31(37)29(5-2)34(22-24-13-15-25(32)16-14-24)30(36)23-35(26-11-9-8-10-12-26)41(38,39)28-19-17-27(18-20-28)40-6-3/h8-20,29H,4-7,21-23H2,1-3H3,(H,33,37)/t29-/m0/s1. The molecule has 0 aliphatic heterocycles. The molecule has 0 saturated heterocycles. The lowest BCUT2D eigenvalue weighted by Crippen LogP contribution is -2.52. The van der Waals surface area contributed by atoms with Crippen molar-refractivity contribution >= 4 is 27.5 Å². The Balaban J connectivity index is 1.99. The summed E-state index contributed by atoms with van der Waals surface area (Å²) >= 11 is 0. The van der Waals surface area contributed by atoms with Gasteiger partial charge in [0.15, 0.2) is 0 Å². The molecule has 3 aromatic carbocycles. The molecule has 0 bridgehead atoms. The molecular formula is C31H38FN3O5S. The molecule has 0 unspecified atom stereocenters. The molecule has 0 saturated carbocycles. The molecule has 3 rings (SSSR count). The van der Waals surface area contributed by atoms with Crippen LogP contribution in [0.25, 0.3) is 0 Å². The second kappa shape index (κ2) is 15.2. The predicted octanol–water partition coefficient (Wildman–Crippen LogP) is 5.14. The number of sulfonamides is 1. The smallest absolute Gasteiger partial charge is 0.264 e. The van der Waals surface area contributed by atoms with Gasteiger partial charge in [-0.05, 0) is 73.9 Å². The van der Waals surface area contributed by atoms with Crippen LogP contribution < -0.4 is 14.4 Å². The van der Waals surface area contributed by atoms with Gasteiger partial charge in [-0.15, -0.1) is 0 Å². The lowest BCUT2D eigenvalue weighted by molar-refractivity contribution is -0.140. The maximum atomic E-state index is 14.0. The summed E-state index contributed by atoms with van der Waals surface area (Å²) in [7, 11) is -4.18. The van der Waals surface area contributed by atoms with E-state index in [2.05, 4.69) is 5.32 Å². The molecule has 2 amide bonds. The minimum absolute atomic E-state index is 0.00451. The van der Waals surface area contributed by atoms with E-state index in [4.69, 9.17) is 4.74 Å². The van der Waals surface area contributed by atoms with Crippen LogP contribution in [0.3, 0.4) is 0 Å². The van der Waals surface area contributed by atoms with Gasteiger partial charge in [0.1, 0.15) is 24.2 Å². The first kappa shape index (κ1) is 31.6. The van der Waals surface area contributed by atoms with E-state index in [0.29, 0.717) is 36.6 Å². The number of nitrogens with one attached hydrogen (secondary N) is 1. The monoisotopic (exact) mass is 583 g/mol. The fraction of sp³-hybridized carbons (Fsp3) is 0.355. The summed E-state index contributed by atoms with van der Waals surface area (Å²) in [6.07, 6.45) is 1.99. The summed E-state index contributed by atoms with van der Waals surface area (Å²) in [6, 6.07) is 19.2. The first-order valence-corrected chi connectivity index (χ1v) is 15.3. The van der Waals surface area contributed by atoms with Gasteiger partial charge in [0.05, 0.1) is 17.2 Å². The molecule has 220 valence electrons. The Morgan fingerprint density at radius 1 is 0.927 bits per heavy atom. The highest BCUT2D eigenvalue weighted by atomic mass is 32.2. The molecule has 0 spiro atoms. The lowest BCUT2D eigenvalue weighted by atomic mass is 10.1. The van der Waals surface area contributed by atoms with Crippen molar-refractivity contribution in [2.45, 2.75) is 57.5 Å². The number of anilines is 1. The van der Waals surface area contributed by atoms with Crippen molar-refractivity contribution in [3.63, 3.8) is 0 Å². The molecule has 0 aliphatic carbocycles. The Bertz CT molecular complexity index is 1370. The van der Waals surface area contributed by atoms with Gasteiger partial charge in [-0.1, -0.05) is 50.6 Å². The molecule has 41 heavy (non-hydrogen) atoms. The fourth-order valence-electron chi connectivity index (χ4n) is 4.34. The second-order valence-corrected chi connectivity index (χ2v) is 11.3. The first-order valence-electron chi connectivity index (χ1n) is 13.8. The van der Waals surface area contributed by atoms with E-state index in [1.54, 1.807) is 61.5 Å². The average Bonchev–Trinajstić information content (AvgIpc) is 2.97. The molecular weight excluding hydrogens is 545 g/mol. The number of hydrogen-bond acceptors (Lipinski definition) is 5. The van der Waals surface area contributed by atoms with Crippen molar-refractivity contribution in [2.75, 3.05) is 24.0 Å². The number of benzene rings is 3. The molecule has 3 aromatic rings. The summed E-state index contributed by atoms with van der Waals surface area (Å²) in [5, 5.41) is 2.88. The molecule has 0 aliphatic rings. The quantitative estimate of drug-likeness (QED) is 0.250. The minimum Gasteiger partial charge on any atom is -0.494 e. The van der Waals surface area contributed by atoms with Gasteiger partial charge >= 0.3 is 0 Å². The molecule has 0 aromatic heterocycles. The number of carbonyl (C=O) groups excluding carboxylic acids is 2. The van der Waals surface area contributed by atoms with Crippen LogP contribution in [0.5, 0.6) is 5.75 Å². The van der Waals surface area contributed by atoms with Gasteiger partial charge in [-0.25, -0.2) is 12.8 Å². The Hall–Kier alpha value is -3.92. The van der Waals surface area contributed by atoms with Gasteiger partial charge in [0.25, 0.3) is 10.0 Å². The highest BCUT2D eigenvalue weighted by molar-refractivity contribution is 7.92. The minimum atomic E-state index is -4.18. The number of amides is 2. The number of carbonyl (C=O) groups is 2. The SMILES string of the molecule is CCCCNC(=O)[C@H](CC)N(Cc1ccc(F)cc1)C(=O)CN(c1ccccc1)S(=O)(=O)c1ccc(OCC)cc1. The summed E-state index contributed by atoms with van der Waals surface area (Å²) < 4.78 is 47.9. The van der Waals surface area contributed by atoms with Gasteiger partial charge < -0.3 is 15.0 Å². The Labute approximate surface area is 242 Å². The molecule has 1 N–H and O–H groups in total. The third kappa shape index (κ3) is 8.53. The van der Waals surface area contributed by atoms with Crippen molar-refractivity contribution in [1.29, 1.82) is 0 Å². The van der Waals surface area contributed by atoms with E-state index in [1.807, 2.05) is 13.8 Å². The number of ether oxygens (including phenoxy) is 1. The zero-order chi connectivity index (χ0) is 29.8. The van der Waals surface area contributed by atoms with Crippen molar-refractivity contribution in [2.24, 2.45) is 0 Å². The molecule has 10 heteroatoms. The topological polar surface area (TPSA) is 96.0 Å². The number of nitrogens with zero attached hydrogens (tertiary/aromatic N) is 2. The predicted molar refractivity (Wildman–Crippen MR) is 158 cm³/mol. The zero-order valence-corrected chi connectivity index (χ0v) is 24.6. The largest absolute Gasteiger partial charge is 0.494 e. The van der Waals surface area contributed by atoms with Crippen LogP contribution >= 0.6 is 0 Å².